The lowest BCUT2D eigenvalue weighted by molar-refractivity contribution is -0.127. The van der Waals surface area contributed by atoms with Gasteiger partial charge in [0.05, 0.1) is 12.1 Å². The third kappa shape index (κ3) is 3.57. The van der Waals surface area contributed by atoms with Crippen LogP contribution < -0.4 is 5.32 Å². The average molecular weight is 335 g/mol. The predicted octanol–water partition coefficient (Wildman–Crippen LogP) is 3.15. The van der Waals surface area contributed by atoms with Crippen LogP contribution in [0.15, 0.2) is 18.2 Å². The van der Waals surface area contributed by atoms with E-state index in [9.17, 15) is 13.6 Å². The summed E-state index contributed by atoms with van der Waals surface area (Å²) >= 11 is 0. The topological polar surface area (TPSA) is 56.1 Å². The van der Waals surface area contributed by atoms with Gasteiger partial charge in [0, 0.05) is 18.6 Å². The number of benzene rings is 1. The fraction of sp³-hybridized carbons (Fsp3) is 0.556. The van der Waals surface area contributed by atoms with Crippen LogP contribution in [-0.4, -0.2) is 29.4 Å². The number of rotatable bonds is 4. The molecule has 1 N–H and O–H groups in total. The fourth-order valence-electron chi connectivity index (χ4n) is 3.07. The molecule has 1 amide bonds. The summed E-state index contributed by atoms with van der Waals surface area (Å²) in [5, 5.41) is 12.0. The molecule has 130 valence electrons. The zero-order valence-electron chi connectivity index (χ0n) is 14.4. The Kier molecular flexibility index (Phi) is 5.24. The van der Waals surface area contributed by atoms with Crippen molar-refractivity contribution < 1.29 is 13.6 Å². The third-order valence-corrected chi connectivity index (χ3v) is 4.55. The Morgan fingerprint density at radius 3 is 2.58 bits per heavy atom. The zero-order valence-corrected chi connectivity index (χ0v) is 14.4. The van der Waals surface area contributed by atoms with Crippen LogP contribution in [0.3, 0.4) is 0 Å². The fourth-order valence-corrected chi connectivity index (χ4v) is 3.07. The van der Waals surface area contributed by atoms with Crippen LogP contribution in [0.25, 0.3) is 0 Å². The van der Waals surface area contributed by atoms with E-state index in [-0.39, 0.29) is 24.0 Å². The molecule has 4 nitrogen and oxygen atoms in total. The van der Waals surface area contributed by atoms with Gasteiger partial charge in [-0.05, 0) is 51.8 Å². The summed E-state index contributed by atoms with van der Waals surface area (Å²) in [5.41, 5.74) is -0.510. The number of carbonyl (C=O) groups excluding carboxylic acids is 1. The van der Waals surface area contributed by atoms with Crippen LogP contribution >= 0.6 is 0 Å². The summed E-state index contributed by atoms with van der Waals surface area (Å²) in [7, 11) is 0. The number of likely N-dealkylation sites (tertiary alicyclic amines) is 1. The number of halogens is 2. The second-order valence-electron chi connectivity index (χ2n) is 7.06. The van der Waals surface area contributed by atoms with Crippen molar-refractivity contribution >= 4 is 5.91 Å². The minimum absolute atomic E-state index is 0.189. The summed E-state index contributed by atoms with van der Waals surface area (Å²) in [6.07, 6.45) is 0.690. The van der Waals surface area contributed by atoms with Crippen LogP contribution in [0.1, 0.15) is 45.7 Å². The van der Waals surface area contributed by atoms with Crippen LogP contribution in [0, 0.1) is 28.4 Å². The second kappa shape index (κ2) is 6.86. The molecule has 1 heterocycles. The van der Waals surface area contributed by atoms with Gasteiger partial charge in [-0.25, -0.2) is 8.78 Å². The van der Waals surface area contributed by atoms with Crippen LogP contribution in [0.2, 0.25) is 0 Å². The largest absolute Gasteiger partial charge is 0.350 e. The highest BCUT2D eigenvalue weighted by Gasteiger charge is 2.40. The normalized spacial score (nSPS) is 21.8. The number of carbonyl (C=O) groups is 1. The molecule has 6 heteroatoms. The summed E-state index contributed by atoms with van der Waals surface area (Å²) < 4.78 is 26.9. The third-order valence-electron chi connectivity index (χ3n) is 4.55. The molecule has 1 fully saturated rings. The van der Waals surface area contributed by atoms with E-state index in [0.29, 0.717) is 12.0 Å². The Hall–Kier alpha value is -2.00. The van der Waals surface area contributed by atoms with Crippen molar-refractivity contribution in [3.05, 3.63) is 35.4 Å². The highest BCUT2D eigenvalue weighted by atomic mass is 19.2. The quantitative estimate of drug-likeness (QED) is 0.919. The highest BCUT2D eigenvalue weighted by Crippen LogP contribution is 2.35. The van der Waals surface area contributed by atoms with Crippen LogP contribution in [0.5, 0.6) is 0 Å². The summed E-state index contributed by atoms with van der Waals surface area (Å²) in [6, 6.07) is 5.52. The van der Waals surface area contributed by atoms with Crippen molar-refractivity contribution in [2.75, 3.05) is 6.54 Å². The van der Waals surface area contributed by atoms with Crippen molar-refractivity contribution in [3.8, 4) is 6.07 Å². The molecular weight excluding hydrogens is 312 g/mol. The predicted molar refractivity (Wildman–Crippen MR) is 86.9 cm³/mol. The average Bonchev–Trinajstić information content (AvgIpc) is 2.93. The monoisotopic (exact) mass is 335 g/mol. The first-order valence-electron chi connectivity index (χ1n) is 8.10. The van der Waals surface area contributed by atoms with Crippen molar-refractivity contribution in [2.24, 2.45) is 5.41 Å². The Bertz CT molecular complexity index is 667. The maximum atomic E-state index is 13.7. The molecule has 0 bridgehead atoms. The molecule has 1 aromatic rings. The molecule has 1 aliphatic heterocycles. The van der Waals surface area contributed by atoms with Gasteiger partial charge >= 0.3 is 0 Å². The van der Waals surface area contributed by atoms with E-state index in [1.807, 2.05) is 19.9 Å². The molecule has 0 radical (unpaired) electrons. The van der Waals surface area contributed by atoms with Crippen molar-refractivity contribution in [1.29, 1.82) is 5.26 Å². The summed E-state index contributed by atoms with van der Waals surface area (Å²) in [6.45, 7) is 7.90. The Labute approximate surface area is 141 Å². The Morgan fingerprint density at radius 1 is 1.38 bits per heavy atom. The lowest BCUT2D eigenvalue weighted by atomic mass is 9.92. The van der Waals surface area contributed by atoms with Crippen molar-refractivity contribution in [1.82, 2.24) is 10.2 Å². The lowest BCUT2D eigenvalue weighted by Gasteiger charge is -2.32. The number of nitrogens with one attached hydrogen (secondary N) is 1. The van der Waals surface area contributed by atoms with Crippen molar-refractivity contribution in [3.63, 3.8) is 0 Å². The van der Waals surface area contributed by atoms with Gasteiger partial charge in [-0.2, -0.15) is 5.26 Å². The molecule has 1 aromatic carbocycles. The summed E-state index contributed by atoms with van der Waals surface area (Å²) in [4.78, 5) is 14.5. The molecule has 1 saturated heterocycles. The maximum absolute atomic E-state index is 13.7. The standard InChI is InChI=1S/C18H23F2N3O/c1-11(2)23-8-7-15(22-17(24)18(3,4)10-21)16(23)12-5-6-13(19)14(20)9-12/h5-6,9,11,15-16H,7-8H2,1-4H3,(H,22,24)/t15-,16+/m0/s1. The van der Waals surface area contributed by atoms with E-state index >= 15 is 0 Å². The van der Waals surface area contributed by atoms with E-state index in [4.69, 9.17) is 5.26 Å². The maximum Gasteiger partial charge on any atom is 0.240 e. The molecule has 2 rings (SSSR count). The molecular formula is C18H23F2N3O. The lowest BCUT2D eigenvalue weighted by Crippen LogP contribution is -2.45. The van der Waals surface area contributed by atoms with Gasteiger partial charge in [0.15, 0.2) is 11.6 Å². The van der Waals surface area contributed by atoms with Gasteiger partial charge in [-0.1, -0.05) is 6.07 Å². The minimum atomic E-state index is -1.14. The van der Waals surface area contributed by atoms with Gasteiger partial charge in [0.1, 0.15) is 5.41 Å². The first-order chi connectivity index (χ1) is 11.2. The molecule has 2 atom stereocenters. The minimum Gasteiger partial charge on any atom is -0.350 e. The van der Waals surface area contributed by atoms with Gasteiger partial charge in [0.25, 0.3) is 0 Å². The first kappa shape index (κ1) is 18.3. The van der Waals surface area contributed by atoms with Crippen LogP contribution in [-0.2, 0) is 4.79 Å². The Balaban J connectivity index is 2.32. The van der Waals surface area contributed by atoms with Gasteiger partial charge in [0.2, 0.25) is 5.91 Å². The van der Waals surface area contributed by atoms with Gasteiger partial charge in [-0.15, -0.1) is 0 Å². The van der Waals surface area contributed by atoms with Crippen LogP contribution in [0.4, 0.5) is 8.78 Å². The molecule has 0 aromatic heterocycles. The molecule has 0 unspecified atom stereocenters. The molecule has 0 saturated carbocycles. The van der Waals surface area contributed by atoms with E-state index in [2.05, 4.69) is 10.2 Å². The van der Waals surface area contributed by atoms with Gasteiger partial charge in [-0.3, -0.25) is 9.69 Å². The van der Waals surface area contributed by atoms with E-state index in [1.165, 1.54) is 6.07 Å². The second-order valence-corrected chi connectivity index (χ2v) is 7.06. The van der Waals surface area contributed by atoms with E-state index in [0.717, 1.165) is 12.6 Å². The first-order valence-corrected chi connectivity index (χ1v) is 8.10. The number of nitrogens with zero attached hydrogens (tertiary/aromatic N) is 2. The number of hydrogen-bond acceptors (Lipinski definition) is 3. The molecule has 0 aliphatic carbocycles. The smallest absolute Gasteiger partial charge is 0.240 e. The molecule has 24 heavy (non-hydrogen) atoms. The zero-order chi connectivity index (χ0) is 18.1. The van der Waals surface area contributed by atoms with E-state index in [1.54, 1.807) is 19.9 Å². The molecule has 1 aliphatic rings. The van der Waals surface area contributed by atoms with Crippen molar-refractivity contribution in [2.45, 2.75) is 52.2 Å². The number of nitriles is 1. The summed E-state index contributed by atoms with van der Waals surface area (Å²) in [5.74, 6) is -2.14. The highest BCUT2D eigenvalue weighted by molar-refractivity contribution is 5.84. The Morgan fingerprint density at radius 2 is 2.04 bits per heavy atom. The van der Waals surface area contributed by atoms with Gasteiger partial charge < -0.3 is 5.32 Å². The number of hydrogen-bond donors (Lipinski definition) is 1. The van der Waals surface area contributed by atoms with E-state index < -0.39 is 17.0 Å². The SMILES string of the molecule is CC(C)N1CC[C@H](NC(=O)C(C)(C)C#N)[C@H]1c1ccc(F)c(F)c1. The molecule has 0 spiro atoms. The number of amides is 1.